The Morgan fingerprint density at radius 3 is 1.87 bits per heavy atom. The molecule has 0 amide bonds. The first kappa shape index (κ1) is 24.1. The van der Waals surface area contributed by atoms with Crippen LogP contribution in [0.25, 0.3) is 21.8 Å². The van der Waals surface area contributed by atoms with Crippen LogP contribution in [0.1, 0.15) is 17.0 Å². The maximum Gasteiger partial charge on any atom is 0.321 e. The van der Waals surface area contributed by atoms with Gasteiger partial charge in [0, 0.05) is 44.9 Å². The van der Waals surface area contributed by atoms with E-state index in [1.54, 1.807) is 0 Å². The molecule has 0 radical (unpaired) electrons. The lowest BCUT2D eigenvalue weighted by atomic mass is 10.1. The molecule has 39 heavy (non-hydrogen) atoms. The number of anilines is 5. The first-order valence-corrected chi connectivity index (χ1v) is 12.4. The van der Waals surface area contributed by atoms with Crippen molar-refractivity contribution < 1.29 is 4.74 Å². The van der Waals surface area contributed by atoms with Crippen LogP contribution in [0.3, 0.4) is 0 Å². The van der Waals surface area contributed by atoms with Crippen LogP contribution >= 0.6 is 0 Å². The van der Waals surface area contributed by atoms with Crippen molar-refractivity contribution >= 4 is 50.5 Å². The molecule has 0 spiro atoms. The van der Waals surface area contributed by atoms with E-state index in [2.05, 4.69) is 24.9 Å². The van der Waals surface area contributed by atoms with E-state index in [0.29, 0.717) is 23.9 Å². The fourth-order valence-corrected chi connectivity index (χ4v) is 4.59. The van der Waals surface area contributed by atoms with Gasteiger partial charge in [-0.3, -0.25) is 14.9 Å². The van der Waals surface area contributed by atoms with Crippen LogP contribution in [-0.2, 0) is 6.61 Å². The third kappa shape index (κ3) is 4.85. The van der Waals surface area contributed by atoms with Gasteiger partial charge in [-0.05, 0) is 67.9 Å². The van der Waals surface area contributed by atoms with Crippen molar-refractivity contribution in [3.8, 4) is 6.01 Å². The minimum absolute atomic E-state index is 0.212. The monoisotopic (exact) mass is 514 g/mol. The highest BCUT2D eigenvalue weighted by atomic mass is 16.5. The van der Waals surface area contributed by atoms with Gasteiger partial charge in [-0.25, -0.2) is 4.98 Å². The molecule has 0 saturated heterocycles. The fraction of sp³-hybridized carbons (Fsp3) is 0.100. The van der Waals surface area contributed by atoms with E-state index in [1.165, 1.54) is 6.33 Å². The molecule has 0 saturated carbocycles. The summed E-state index contributed by atoms with van der Waals surface area (Å²) in [6.07, 6.45) is 1.44. The summed E-state index contributed by atoms with van der Waals surface area (Å²) in [5.41, 5.74) is 20.0. The number of benzene rings is 3. The minimum Gasteiger partial charge on any atom is -0.458 e. The maximum absolute atomic E-state index is 6.39. The molecular weight excluding hydrogens is 488 g/mol. The van der Waals surface area contributed by atoms with E-state index in [4.69, 9.17) is 16.2 Å². The van der Waals surface area contributed by atoms with Gasteiger partial charge in [-0.1, -0.05) is 30.3 Å². The van der Waals surface area contributed by atoms with Crippen LogP contribution < -0.4 is 21.1 Å². The van der Waals surface area contributed by atoms with Crippen molar-refractivity contribution in [2.24, 2.45) is 0 Å². The Kier molecular flexibility index (Phi) is 6.08. The minimum atomic E-state index is 0.212. The van der Waals surface area contributed by atoms with Crippen LogP contribution in [0, 0.1) is 13.8 Å². The quantitative estimate of drug-likeness (QED) is 0.283. The largest absolute Gasteiger partial charge is 0.458 e. The lowest BCUT2D eigenvalue weighted by molar-refractivity contribution is 0.280. The molecule has 0 fully saturated rings. The molecule has 9 nitrogen and oxygen atoms in total. The number of pyridine rings is 2. The number of aromatic nitrogens is 5. The van der Waals surface area contributed by atoms with Gasteiger partial charge in [0.2, 0.25) is 5.95 Å². The fourth-order valence-electron chi connectivity index (χ4n) is 4.59. The molecule has 0 aliphatic rings. The van der Waals surface area contributed by atoms with Gasteiger partial charge in [0.15, 0.2) is 0 Å². The van der Waals surface area contributed by atoms with Crippen molar-refractivity contribution in [2.75, 3.05) is 16.4 Å². The standard InChI is InChI=1S/C30H26N8O/c1-18-12-25(31)23-14-21(8-10-27(23)35-18)38(22-9-11-28-24(15-22)26(32)13-19(2)36-28)29-33-17-34-30(37-29)39-16-20-6-4-3-5-7-20/h3-15,17H,16H2,1-2H3,(H2,31,35)(H2,32,36). The molecule has 6 rings (SSSR count). The zero-order chi connectivity index (χ0) is 26.9. The second kappa shape index (κ2) is 9.86. The molecule has 4 N–H and O–H groups in total. The normalized spacial score (nSPS) is 11.1. The Balaban J connectivity index is 1.48. The number of nitrogens with two attached hydrogens (primary N) is 2. The van der Waals surface area contributed by atoms with Crippen LogP contribution in [0.4, 0.5) is 28.7 Å². The zero-order valence-electron chi connectivity index (χ0n) is 21.5. The smallest absolute Gasteiger partial charge is 0.321 e. The number of rotatable bonds is 6. The molecule has 0 bridgehead atoms. The van der Waals surface area contributed by atoms with E-state index in [-0.39, 0.29) is 6.01 Å². The lowest BCUT2D eigenvalue weighted by Gasteiger charge is -2.24. The number of fused-ring (bicyclic) bond motifs is 2. The summed E-state index contributed by atoms with van der Waals surface area (Å²) in [6.45, 7) is 4.18. The van der Waals surface area contributed by atoms with Crippen molar-refractivity contribution in [1.29, 1.82) is 0 Å². The Bertz CT molecular complexity index is 1730. The highest BCUT2D eigenvalue weighted by Crippen LogP contribution is 2.37. The SMILES string of the molecule is Cc1cc(N)c2cc(N(c3ccc4nc(C)cc(N)c4c3)c3ncnc(OCc4ccccc4)n3)ccc2n1. The van der Waals surface area contributed by atoms with Gasteiger partial charge in [-0.2, -0.15) is 9.97 Å². The summed E-state index contributed by atoms with van der Waals surface area (Å²) in [6, 6.07) is 25.5. The van der Waals surface area contributed by atoms with Gasteiger partial charge < -0.3 is 16.2 Å². The molecule has 6 aromatic rings. The maximum atomic E-state index is 6.39. The molecule has 0 atom stereocenters. The second-order valence-corrected chi connectivity index (χ2v) is 9.29. The number of hydrogen-bond donors (Lipinski definition) is 2. The van der Waals surface area contributed by atoms with Crippen LogP contribution in [0.2, 0.25) is 0 Å². The Morgan fingerprint density at radius 2 is 1.28 bits per heavy atom. The predicted molar refractivity (Wildman–Crippen MR) is 154 cm³/mol. The van der Waals surface area contributed by atoms with Crippen molar-refractivity contribution in [3.63, 3.8) is 0 Å². The number of nitrogen functional groups attached to an aromatic ring is 2. The summed E-state index contributed by atoms with van der Waals surface area (Å²) < 4.78 is 5.91. The molecular formula is C30H26N8O. The lowest BCUT2D eigenvalue weighted by Crippen LogP contribution is -2.15. The van der Waals surface area contributed by atoms with Crippen molar-refractivity contribution in [1.82, 2.24) is 24.9 Å². The third-order valence-electron chi connectivity index (χ3n) is 6.37. The van der Waals surface area contributed by atoms with Gasteiger partial charge in [0.1, 0.15) is 12.9 Å². The van der Waals surface area contributed by atoms with Crippen molar-refractivity contribution in [3.05, 3.63) is 102 Å². The summed E-state index contributed by atoms with van der Waals surface area (Å²) >= 11 is 0. The Labute approximate surface area is 225 Å². The molecule has 3 heterocycles. The molecule has 9 heteroatoms. The van der Waals surface area contributed by atoms with Crippen LogP contribution in [-0.4, -0.2) is 24.9 Å². The van der Waals surface area contributed by atoms with E-state index in [9.17, 15) is 0 Å². The molecule has 3 aromatic carbocycles. The molecule has 3 aromatic heterocycles. The van der Waals surface area contributed by atoms with Gasteiger partial charge in [-0.15, -0.1) is 0 Å². The summed E-state index contributed by atoms with van der Waals surface area (Å²) in [4.78, 5) is 24.6. The predicted octanol–water partition coefficient (Wildman–Crippen LogP) is 5.80. The molecule has 0 unspecified atom stereocenters. The van der Waals surface area contributed by atoms with Crippen molar-refractivity contribution in [2.45, 2.75) is 20.5 Å². The first-order chi connectivity index (χ1) is 18.9. The van der Waals surface area contributed by atoms with E-state index < -0.39 is 0 Å². The average molecular weight is 515 g/mol. The molecule has 0 aliphatic heterocycles. The highest BCUT2D eigenvalue weighted by Gasteiger charge is 2.19. The number of aryl methyl sites for hydroxylation is 2. The summed E-state index contributed by atoms with van der Waals surface area (Å²) in [7, 11) is 0. The topological polar surface area (TPSA) is 129 Å². The molecule has 192 valence electrons. The van der Waals surface area contributed by atoms with Gasteiger partial charge >= 0.3 is 6.01 Å². The number of ether oxygens (including phenoxy) is 1. The van der Waals surface area contributed by atoms with E-state index in [0.717, 1.165) is 50.1 Å². The first-order valence-electron chi connectivity index (χ1n) is 12.4. The van der Waals surface area contributed by atoms with E-state index >= 15 is 0 Å². The Hall–Kier alpha value is -5.31. The van der Waals surface area contributed by atoms with Gasteiger partial charge in [0.25, 0.3) is 0 Å². The second-order valence-electron chi connectivity index (χ2n) is 9.29. The molecule has 0 aliphatic carbocycles. The number of nitrogens with zero attached hydrogens (tertiary/aromatic N) is 6. The Morgan fingerprint density at radius 1 is 0.692 bits per heavy atom. The van der Waals surface area contributed by atoms with Crippen LogP contribution in [0.5, 0.6) is 6.01 Å². The number of hydrogen-bond acceptors (Lipinski definition) is 9. The van der Waals surface area contributed by atoms with Gasteiger partial charge in [0.05, 0.1) is 11.0 Å². The summed E-state index contributed by atoms with van der Waals surface area (Å²) in [5.74, 6) is 0.379. The summed E-state index contributed by atoms with van der Waals surface area (Å²) in [5, 5.41) is 1.66. The average Bonchev–Trinajstić information content (AvgIpc) is 2.93. The van der Waals surface area contributed by atoms with E-state index in [1.807, 2.05) is 97.6 Å². The zero-order valence-corrected chi connectivity index (χ0v) is 21.5. The third-order valence-corrected chi connectivity index (χ3v) is 6.37. The van der Waals surface area contributed by atoms with Crippen LogP contribution in [0.15, 0.2) is 85.2 Å². The highest BCUT2D eigenvalue weighted by molar-refractivity contribution is 5.97.